The molecule has 0 aliphatic heterocycles. The molecule has 0 radical (unpaired) electrons. The summed E-state index contributed by atoms with van der Waals surface area (Å²) in [6.07, 6.45) is 3.45. The maximum absolute atomic E-state index is 5.13. The Morgan fingerprint density at radius 3 is 2.50 bits per heavy atom. The van der Waals surface area contributed by atoms with Crippen LogP contribution in [0.2, 0.25) is 0 Å². The molecule has 1 heterocycles. The number of pyridine rings is 1. The molecular formula is C12H9N2STl. The van der Waals surface area contributed by atoms with Crippen LogP contribution >= 0.6 is 0 Å². The monoisotopic (exact) mass is 418 g/mol. The zero-order valence-electron chi connectivity index (χ0n) is 8.58. The zero-order valence-corrected chi connectivity index (χ0v) is 13.9. The largest absolute Gasteiger partial charge is 1.00 e. The molecule has 0 amide bonds. The predicted octanol–water partition coefficient (Wildman–Crippen LogP) is 2.36. The van der Waals surface area contributed by atoms with Crippen molar-refractivity contribution >= 4 is 51.8 Å². The van der Waals surface area contributed by atoms with Gasteiger partial charge in [-0.15, -0.1) is 4.90 Å². The fourth-order valence-electron chi connectivity index (χ4n) is 1.15. The van der Waals surface area contributed by atoms with E-state index in [1.165, 1.54) is 0 Å². The Bertz CT molecular complexity index is 471. The zero-order chi connectivity index (χ0) is 10.5. The van der Waals surface area contributed by atoms with Crippen molar-refractivity contribution in [3.05, 3.63) is 54.4 Å². The van der Waals surface area contributed by atoms with Crippen molar-refractivity contribution in [1.29, 1.82) is 0 Å². The summed E-state index contributed by atoms with van der Waals surface area (Å²) < 4.78 is 0. The molecule has 0 bridgehead atoms. The first-order chi connectivity index (χ1) is 7.36. The van der Waals surface area contributed by atoms with Crippen molar-refractivity contribution in [2.75, 3.05) is 0 Å². The minimum atomic E-state index is 0. The molecule has 2 aromatic rings. The van der Waals surface area contributed by atoms with Crippen LogP contribution in [0.5, 0.6) is 0 Å². The first kappa shape index (κ1) is 13.2. The summed E-state index contributed by atoms with van der Waals surface area (Å²) in [5, 5.41) is 0. The summed E-state index contributed by atoms with van der Waals surface area (Å²) in [5.41, 5.74) is 1.63. The molecule has 0 aliphatic rings. The molecule has 0 unspecified atom stereocenters. The number of para-hydroxylation sites is 1. The number of rotatable bonds is 2. The summed E-state index contributed by atoms with van der Waals surface area (Å²) in [5.74, 6) is 0. The van der Waals surface area contributed by atoms with Gasteiger partial charge in [0, 0.05) is 11.9 Å². The van der Waals surface area contributed by atoms with Gasteiger partial charge in [0.2, 0.25) is 0 Å². The van der Waals surface area contributed by atoms with Crippen LogP contribution in [0.25, 0.3) is 0 Å². The fourth-order valence-corrected chi connectivity index (χ4v) is 1.35. The van der Waals surface area contributed by atoms with E-state index in [2.05, 4.69) is 9.98 Å². The van der Waals surface area contributed by atoms with Gasteiger partial charge in [-0.2, -0.15) is 0 Å². The minimum Gasteiger partial charge on any atom is -0.778 e. The maximum atomic E-state index is 5.13. The molecule has 2 rings (SSSR count). The van der Waals surface area contributed by atoms with Gasteiger partial charge < -0.3 is 12.6 Å². The van der Waals surface area contributed by atoms with E-state index in [0.29, 0.717) is 0 Å². The van der Waals surface area contributed by atoms with Crippen molar-refractivity contribution in [2.24, 2.45) is 4.99 Å². The molecule has 4 heteroatoms. The van der Waals surface area contributed by atoms with Gasteiger partial charge in [0.05, 0.1) is 11.9 Å². The van der Waals surface area contributed by atoms with Crippen LogP contribution in [0.15, 0.2) is 58.5 Å². The van der Waals surface area contributed by atoms with Crippen LogP contribution in [-0.4, -0.2) is 38.5 Å². The number of hydrogen-bond donors (Lipinski definition) is 0. The van der Waals surface area contributed by atoms with Gasteiger partial charge in [-0.3, -0.25) is 9.98 Å². The summed E-state index contributed by atoms with van der Waals surface area (Å²) in [6.45, 7) is 0. The second-order valence-corrected chi connectivity index (χ2v) is 3.42. The van der Waals surface area contributed by atoms with Gasteiger partial charge in [-0.25, -0.2) is 0 Å². The topological polar surface area (TPSA) is 25.2 Å². The second kappa shape index (κ2) is 6.70. The van der Waals surface area contributed by atoms with Gasteiger partial charge in [-0.1, -0.05) is 24.3 Å². The van der Waals surface area contributed by atoms with E-state index < -0.39 is 0 Å². The van der Waals surface area contributed by atoms with E-state index in [1.807, 2.05) is 42.5 Å². The van der Waals surface area contributed by atoms with Crippen molar-refractivity contribution < 1.29 is 0 Å². The Morgan fingerprint density at radius 1 is 1.06 bits per heavy atom. The van der Waals surface area contributed by atoms with E-state index in [-0.39, 0.29) is 27.3 Å². The summed E-state index contributed by atoms with van der Waals surface area (Å²) in [4.78, 5) is 9.18. The molecule has 0 N–H and O–H groups in total. The molecule has 1 aromatic carbocycles. The summed E-state index contributed by atoms with van der Waals surface area (Å²) >= 11 is 5.13. The van der Waals surface area contributed by atoms with Crippen LogP contribution < -0.4 is 0 Å². The molecular weight excluding hydrogens is 409 g/mol. The van der Waals surface area contributed by atoms with Crippen LogP contribution in [-0.2, 0) is 12.6 Å². The number of benzene rings is 1. The molecule has 2 nitrogen and oxygen atoms in total. The maximum Gasteiger partial charge on any atom is 1.00 e. The third-order valence-electron chi connectivity index (χ3n) is 1.89. The molecule has 0 fully saturated rings. The first-order valence-electron chi connectivity index (χ1n) is 4.57. The van der Waals surface area contributed by atoms with Crippen LogP contribution in [0, 0.1) is 0 Å². The molecule has 1 aromatic heterocycles. The van der Waals surface area contributed by atoms with Crippen LogP contribution in [0.1, 0.15) is 5.69 Å². The Hall–Kier alpha value is -0.818. The van der Waals surface area contributed by atoms with Crippen molar-refractivity contribution in [3.63, 3.8) is 0 Å². The average Bonchev–Trinajstić information content (AvgIpc) is 2.29. The SMILES string of the molecule is [S-]c1ccccc1N=Cc1ccccn1.[Tl+]. The van der Waals surface area contributed by atoms with Gasteiger partial charge >= 0.3 is 27.3 Å². The van der Waals surface area contributed by atoms with Gasteiger partial charge in [0.25, 0.3) is 0 Å². The van der Waals surface area contributed by atoms with Gasteiger partial charge in [-0.05, 0) is 18.2 Å². The molecule has 0 saturated carbocycles. The molecule has 0 atom stereocenters. The van der Waals surface area contributed by atoms with E-state index in [9.17, 15) is 0 Å². The normalized spacial score (nSPS) is 10.0. The Labute approximate surface area is 120 Å². The van der Waals surface area contributed by atoms with E-state index in [1.54, 1.807) is 12.4 Å². The molecule has 76 valence electrons. The quantitative estimate of drug-likeness (QED) is 0.426. The van der Waals surface area contributed by atoms with Crippen LogP contribution in [0.4, 0.5) is 5.69 Å². The number of nitrogens with zero attached hydrogens (tertiary/aromatic N) is 2. The summed E-state index contributed by atoms with van der Waals surface area (Å²) in [7, 11) is 0. The Kier molecular flexibility index (Phi) is 5.55. The molecule has 0 saturated heterocycles. The van der Waals surface area contributed by atoms with Gasteiger partial charge in [0.1, 0.15) is 0 Å². The smallest absolute Gasteiger partial charge is 0.778 e. The van der Waals surface area contributed by atoms with Crippen LogP contribution in [0.3, 0.4) is 0 Å². The van der Waals surface area contributed by atoms with E-state index >= 15 is 0 Å². The Morgan fingerprint density at radius 2 is 1.81 bits per heavy atom. The van der Waals surface area contributed by atoms with Crippen molar-refractivity contribution in [2.45, 2.75) is 4.90 Å². The minimum absolute atomic E-state index is 0. The number of aromatic nitrogens is 1. The summed E-state index contributed by atoms with van der Waals surface area (Å²) in [6, 6.07) is 13.3. The standard InChI is InChI=1S/C12H10N2S.Tl/c15-12-7-2-1-6-11(12)14-9-10-5-3-4-8-13-10;/h1-9,15H;/q;+1/p-1. The number of aliphatic imine (C=N–C) groups is 1. The van der Waals surface area contributed by atoms with Gasteiger partial charge in [0.15, 0.2) is 0 Å². The third kappa shape index (κ3) is 3.64. The average molecular weight is 418 g/mol. The molecule has 0 aliphatic carbocycles. The Balaban J connectivity index is 0.00000128. The van der Waals surface area contributed by atoms with E-state index in [0.717, 1.165) is 16.3 Å². The van der Waals surface area contributed by atoms with E-state index in [4.69, 9.17) is 12.6 Å². The molecule has 16 heavy (non-hydrogen) atoms. The van der Waals surface area contributed by atoms with Crippen molar-refractivity contribution in [3.8, 4) is 0 Å². The molecule has 0 spiro atoms. The number of hydrogen-bond acceptors (Lipinski definition) is 3. The van der Waals surface area contributed by atoms with Crippen molar-refractivity contribution in [1.82, 2.24) is 4.98 Å². The first-order valence-corrected chi connectivity index (χ1v) is 4.98. The second-order valence-electron chi connectivity index (χ2n) is 2.98. The predicted molar refractivity (Wildman–Crippen MR) is 69.3 cm³/mol. The third-order valence-corrected chi connectivity index (χ3v) is 2.23. The fraction of sp³-hybridized carbons (Fsp3) is 0.